The SMILES string of the molecule is CC1CCCCN1CCN(CCS(=O)(=O)N1CCNCC1)C(=O)c1ccccc1F.O=C(O)C(F)(F)F. The van der Waals surface area contributed by atoms with Crippen LogP contribution in [0.15, 0.2) is 24.3 Å². The lowest BCUT2D eigenvalue weighted by Crippen LogP contribution is -2.49. The molecule has 3 rings (SSSR count). The van der Waals surface area contributed by atoms with Crippen molar-refractivity contribution in [1.29, 1.82) is 0 Å². The molecular formula is C23H34F4N4O5S. The predicted molar refractivity (Wildman–Crippen MR) is 129 cm³/mol. The number of nitrogens with zero attached hydrogens (tertiary/aromatic N) is 3. The van der Waals surface area contributed by atoms with Crippen LogP contribution in [0.3, 0.4) is 0 Å². The van der Waals surface area contributed by atoms with E-state index in [2.05, 4.69) is 17.1 Å². The second kappa shape index (κ2) is 14.0. The summed E-state index contributed by atoms with van der Waals surface area (Å²) < 4.78 is 72.9. The minimum atomic E-state index is -5.08. The summed E-state index contributed by atoms with van der Waals surface area (Å²) in [6.45, 7) is 6.39. The summed E-state index contributed by atoms with van der Waals surface area (Å²) in [5, 5.41) is 10.3. The van der Waals surface area contributed by atoms with Gasteiger partial charge >= 0.3 is 12.1 Å². The molecule has 2 heterocycles. The van der Waals surface area contributed by atoms with Gasteiger partial charge in [-0.3, -0.25) is 9.69 Å². The number of hydrogen-bond donors (Lipinski definition) is 2. The van der Waals surface area contributed by atoms with Crippen molar-refractivity contribution >= 4 is 21.9 Å². The lowest BCUT2D eigenvalue weighted by atomic mass is 10.0. The molecule has 0 aromatic heterocycles. The largest absolute Gasteiger partial charge is 0.490 e. The highest BCUT2D eigenvalue weighted by Crippen LogP contribution is 2.17. The minimum Gasteiger partial charge on any atom is -0.475 e. The van der Waals surface area contributed by atoms with Gasteiger partial charge in [-0.1, -0.05) is 18.6 Å². The summed E-state index contributed by atoms with van der Waals surface area (Å²) in [6, 6.07) is 6.32. The van der Waals surface area contributed by atoms with E-state index >= 15 is 0 Å². The van der Waals surface area contributed by atoms with Crippen LogP contribution >= 0.6 is 0 Å². The lowest BCUT2D eigenvalue weighted by Gasteiger charge is -2.35. The van der Waals surface area contributed by atoms with Crippen molar-refractivity contribution in [2.45, 2.75) is 38.4 Å². The first-order chi connectivity index (χ1) is 17.3. The van der Waals surface area contributed by atoms with E-state index in [1.165, 1.54) is 27.8 Å². The average Bonchev–Trinajstić information content (AvgIpc) is 2.85. The van der Waals surface area contributed by atoms with Crippen LogP contribution in [-0.2, 0) is 14.8 Å². The number of carboxylic acids is 1. The average molecular weight is 555 g/mol. The molecular weight excluding hydrogens is 520 g/mol. The molecule has 37 heavy (non-hydrogen) atoms. The molecule has 14 heteroatoms. The van der Waals surface area contributed by atoms with Crippen LogP contribution in [0.25, 0.3) is 0 Å². The highest BCUT2D eigenvalue weighted by Gasteiger charge is 2.38. The molecule has 0 saturated carbocycles. The van der Waals surface area contributed by atoms with E-state index in [9.17, 15) is 30.8 Å². The first kappa shape index (κ1) is 30.9. The summed E-state index contributed by atoms with van der Waals surface area (Å²) in [6.07, 6.45) is -1.62. The van der Waals surface area contributed by atoms with Crippen molar-refractivity contribution in [3.8, 4) is 0 Å². The second-order valence-corrected chi connectivity index (χ2v) is 11.0. The van der Waals surface area contributed by atoms with Crippen LogP contribution in [0.4, 0.5) is 17.6 Å². The van der Waals surface area contributed by atoms with E-state index in [1.807, 2.05) is 0 Å². The molecule has 1 atom stereocenters. The number of rotatable bonds is 8. The highest BCUT2D eigenvalue weighted by molar-refractivity contribution is 7.89. The molecule has 2 saturated heterocycles. The predicted octanol–water partition coefficient (Wildman–Crippen LogP) is 2.01. The van der Waals surface area contributed by atoms with Crippen LogP contribution in [-0.4, -0.2) is 110 Å². The van der Waals surface area contributed by atoms with E-state index < -0.39 is 33.9 Å². The first-order valence-corrected chi connectivity index (χ1v) is 13.7. The van der Waals surface area contributed by atoms with Crippen molar-refractivity contribution < 1.29 is 40.7 Å². The van der Waals surface area contributed by atoms with Gasteiger partial charge in [-0.25, -0.2) is 17.6 Å². The van der Waals surface area contributed by atoms with Crippen molar-refractivity contribution in [2.75, 3.05) is 58.1 Å². The molecule has 9 nitrogen and oxygen atoms in total. The molecule has 2 N–H and O–H groups in total. The summed E-state index contributed by atoms with van der Waals surface area (Å²) in [5.74, 6) is -3.94. The summed E-state index contributed by atoms with van der Waals surface area (Å²) in [5.41, 5.74) is -0.0104. The Morgan fingerprint density at radius 2 is 1.73 bits per heavy atom. The van der Waals surface area contributed by atoms with Crippen LogP contribution in [0.5, 0.6) is 0 Å². The molecule has 210 valence electrons. The number of carbonyl (C=O) groups is 2. The zero-order chi connectivity index (χ0) is 27.6. The number of amides is 1. The third-order valence-electron chi connectivity index (χ3n) is 6.32. The maximum Gasteiger partial charge on any atom is 0.490 e. The van der Waals surface area contributed by atoms with E-state index in [0.717, 1.165) is 19.4 Å². The first-order valence-electron chi connectivity index (χ1n) is 12.1. The molecule has 1 aromatic rings. The fraction of sp³-hybridized carbons (Fsp3) is 0.652. The van der Waals surface area contributed by atoms with Crippen LogP contribution in [0.1, 0.15) is 36.5 Å². The fourth-order valence-corrected chi connectivity index (χ4v) is 5.58. The van der Waals surface area contributed by atoms with E-state index in [0.29, 0.717) is 45.3 Å². The number of alkyl halides is 3. The number of carbonyl (C=O) groups excluding carboxylic acids is 1. The lowest BCUT2D eigenvalue weighted by molar-refractivity contribution is -0.192. The summed E-state index contributed by atoms with van der Waals surface area (Å²) in [4.78, 5) is 25.8. The summed E-state index contributed by atoms with van der Waals surface area (Å²) in [7, 11) is -3.47. The number of aliphatic carboxylic acids is 1. The maximum atomic E-state index is 14.2. The maximum absolute atomic E-state index is 14.2. The number of hydrogen-bond acceptors (Lipinski definition) is 6. The van der Waals surface area contributed by atoms with Crippen molar-refractivity contribution in [3.63, 3.8) is 0 Å². The smallest absolute Gasteiger partial charge is 0.475 e. The van der Waals surface area contributed by atoms with Gasteiger partial charge in [0.05, 0.1) is 11.3 Å². The van der Waals surface area contributed by atoms with Gasteiger partial charge in [0.15, 0.2) is 0 Å². The third kappa shape index (κ3) is 9.83. The van der Waals surface area contributed by atoms with Gasteiger partial charge in [0.1, 0.15) is 5.82 Å². The van der Waals surface area contributed by atoms with E-state index in [1.54, 1.807) is 12.1 Å². The molecule has 0 radical (unpaired) electrons. The zero-order valence-corrected chi connectivity index (χ0v) is 21.5. The zero-order valence-electron chi connectivity index (χ0n) is 20.7. The topological polar surface area (TPSA) is 110 Å². The summed E-state index contributed by atoms with van der Waals surface area (Å²) >= 11 is 0. The van der Waals surface area contributed by atoms with Gasteiger partial charge < -0.3 is 15.3 Å². The Kier molecular flexibility index (Phi) is 11.7. The van der Waals surface area contributed by atoms with E-state index in [-0.39, 0.29) is 17.9 Å². The van der Waals surface area contributed by atoms with Gasteiger partial charge in [-0.15, -0.1) is 0 Å². The van der Waals surface area contributed by atoms with E-state index in [4.69, 9.17) is 9.90 Å². The molecule has 1 unspecified atom stereocenters. The number of piperazine rings is 1. The number of likely N-dealkylation sites (tertiary alicyclic amines) is 1. The standard InChI is InChI=1S/C21H33FN4O3S.C2HF3O2/c1-18-6-4-5-11-24(18)14-15-25(21(27)19-7-2-3-8-20(19)22)16-17-30(28,29)26-12-9-23-10-13-26;3-2(4,5)1(6)7/h2-3,7-8,18,23H,4-6,9-17H2,1H3;(H,6,7). The van der Waals surface area contributed by atoms with Gasteiger partial charge in [-0.05, 0) is 38.4 Å². The van der Waals surface area contributed by atoms with Crippen LogP contribution in [0.2, 0.25) is 0 Å². The molecule has 2 aliphatic heterocycles. The molecule has 2 fully saturated rings. The third-order valence-corrected chi connectivity index (χ3v) is 8.17. The van der Waals surface area contributed by atoms with Gasteiger partial charge in [0.2, 0.25) is 10.0 Å². The Hall–Kier alpha value is -2.29. The monoisotopic (exact) mass is 554 g/mol. The van der Waals surface area contributed by atoms with Gasteiger partial charge in [0.25, 0.3) is 5.91 Å². The second-order valence-electron chi connectivity index (χ2n) is 8.92. The Labute approximate surface area is 214 Å². The molecule has 1 amide bonds. The number of nitrogens with one attached hydrogen (secondary N) is 1. The Balaban J connectivity index is 0.000000604. The minimum absolute atomic E-state index is 0.0104. The number of sulfonamides is 1. The number of piperidine rings is 1. The normalized spacial score (nSPS) is 19.5. The van der Waals surface area contributed by atoms with Crippen molar-refractivity contribution in [1.82, 2.24) is 19.4 Å². The molecule has 1 aromatic carbocycles. The van der Waals surface area contributed by atoms with Gasteiger partial charge in [-0.2, -0.15) is 17.5 Å². The van der Waals surface area contributed by atoms with Crippen LogP contribution in [0, 0.1) is 5.82 Å². The molecule has 0 spiro atoms. The Morgan fingerprint density at radius 1 is 1.11 bits per heavy atom. The Bertz CT molecular complexity index is 1000. The van der Waals surface area contributed by atoms with Crippen molar-refractivity contribution in [3.05, 3.63) is 35.6 Å². The number of halogens is 4. The number of benzene rings is 1. The highest BCUT2D eigenvalue weighted by atomic mass is 32.2. The fourth-order valence-electron chi connectivity index (χ4n) is 4.14. The van der Waals surface area contributed by atoms with Crippen LogP contribution < -0.4 is 5.32 Å². The number of carboxylic acid groups (broad SMARTS) is 1. The van der Waals surface area contributed by atoms with Gasteiger partial charge in [0, 0.05) is 51.9 Å². The Morgan fingerprint density at radius 3 is 2.30 bits per heavy atom. The quantitative estimate of drug-likeness (QED) is 0.473. The molecule has 0 bridgehead atoms. The van der Waals surface area contributed by atoms with Crippen molar-refractivity contribution in [2.24, 2.45) is 0 Å². The molecule has 0 aliphatic carbocycles. The molecule has 2 aliphatic rings.